The summed E-state index contributed by atoms with van der Waals surface area (Å²) in [5.74, 6) is -0.638. The summed E-state index contributed by atoms with van der Waals surface area (Å²) in [6, 6.07) is 1.76. The molecule has 0 saturated heterocycles. The minimum Gasteiger partial charge on any atom is -0.481 e. The van der Waals surface area contributed by atoms with E-state index in [1.165, 1.54) is 17.4 Å². The highest BCUT2D eigenvalue weighted by atomic mass is 32.1. The Morgan fingerprint density at radius 3 is 2.85 bits per heavy atom. The average Bonchev–Trinajstić information content (AvgIpc) is 3.17. The van der Waals surface area contributed by atoms with Gasteiger partial charge in [0.2, 0.25) is 6.29 Å². The van der Waals surface area contributed by atoms with Crippen LogP contribution < -0.4 is 4.74 Å². The highest BCUT2D eigenvalue weighted by molar-refractivity contribution is 7.08. The second-order valence-corrected chi connectivity index (χ2v) is 7.24. The number of carboxylic acid groups (broad SMARTS) is 1. The molecule has 5 atom stereocenters. The predicted molar refractivity (Wildman–Crippen MR) is 98.9 cm³/mol. The van der Waals surface area contributed by atoms with E-state index in [-0.39, 0.29) is 18.3 Å². The van der Waals surface area contributed by atoms with Crippen LogP contribution in [0.3, 0.4) is 0 Å². The number of aliphatic hydroxyl groups excluding tert-OH is 3. The highest BCUT2D eigenvalue weighted by Gasteiger charge is 2.39. The molecule has 0 aliphatic heterocycles. The van der Waals surface area contributed by atoms with Crippen LogP contribution in [-0.2, 0) is 4.79 Å². The maximum atomic E-state index is 10.5. The van der Waals surface area contributed by atoms with E-state index >= 15 is 0 Å². The standard InChI is InChI=1S/C19H26O6S/c20-16-11-17(21)15(7-8-19(24)25-13-9-10-26-12-13)14(16)5-3-1-2-4-6-18(22)23/h1,3,7-10,12,14-17,19-21,24H,2,4-6,11H2,(H,22,23)/b3-1-,8-7+/t14-,15?,16+,17-,19+/m1/s1. The maximum absolute atomic E-state index is 10.5. The molecule has 1 aliphatic carbocycles. The number of carbonyl (C=O) groups is 1. The lowest BCUT2D eigenvalue weighted by Gasteiger charge is -2.19. The smallest absolute Gasteiger partial charge is 0.303 e. The Balaban J connectivity index is 1.85. The van der Waals surface area contributed by atoms with Gasteiger partial charge in [-0.05, 0) is 42.7 Å². The molecule has 1 aromatic rings. The van der Waals surface area contributed by atoms with Crippen molar-refractivity contribution in [1.82, 2.24) is 0 Å². The first kappa shape index (κ1) is 20.6. The Hall–Kier alpha value is -1.67. The number of aliphatic hydroxyl groups is 3. The van der Waals surface area contributed by atoms with Crippen molar-refractivity contribution in [2.75, 3.05) is 0 Å². The van der Waals surface area contributed by atoms with Crippen molar-refractivity contribution in [2.45, 2.75) is 50.6 Å². The molecule has 1 saturated carbocycles. The number of ether oxygens (including phenoxy) is 1. The Bertz CT molecular complexity index is 597. The molecule has 4 N–H and O–H groups in total. The largest absolute Gasteiger partial charge is 0.481 e. The van der Waals surface area contributed by atoms with E-state index in [1.54, 1.807) is 17.5 Å². The van der Waals surface area contributed by atoms with Crippen LogP contribution in [-0.4, -0.2) is 44.9 Å². The van der Waals surface area contributed by atoms with Gasteiger partial charge >= 0.3 is 5.97 Å². The lowest BCUT2D eigenvalue weighted by molar-refractivity contribution is -0.137. The Morgan fingerprint density at radius 2 is 2.15 bits per heavy atom. The minimum atomic E-state index is -1.11. The summed E-state index contributed by atoms with van der Waals surface area (Å²) >= 11 is 1.47. The molecule has 26 heavy (non-hydrogen) atoms. The normalized spacial score (nSPS) is 27.3. The molecular weight excluding hydrogens is 356 g/mol. The molecule has 1 unspecified atom stereocenters. The van der Waals surface area contributed by atoms with Gasteiger partial charge in [0.15, 0.2) is 0 Å². The van der Waals surface area contributed by atoms with Crippen LogP contribution in [0.15, 0.2) is 41.1 Å². The van der Waals surface area contributed by atoms with Crippen molar-refractivity contribution in [2.24, 2.45) is 11.8 Å². The van der Waals surface area contributed by atoms with Crippen molar-refractivity contribution >= 4 is 17.3 Å². The number of thiophene rings is 1. The summed E-state index contributed by atoms with van der Waals surface area (Å²) in [7, 11) is 0. The van der Waals surface area contributed by atoms with Crippen LogP contribution in [0, 0.1) is 11.8 Å². The monoisotopic (exact) mass is 382 g/mol. The Morgan fingerprint density at radius 1 is 1.35 bits per heavy atom. The quantitative estimate of drug-likeness (QED) is 0.281. The van der Waals surface area contributed by atoms with E-state index < -0.39 is 24.5 Å². The van der Waals surface area contributed by atoms with Gasteiger partial charge in [0, 0.05) is 24.1 Å². The van der Waals surface area contributed by atoms with Crippen LogP contribution in [0.25, 0.3) is 0 Å². The number of carboxylic acids is 1. The summed E-state index contributed by atoms with van der Waals surface area (Å²) in [6.45, 7) is 0. The van der Waals surface area contributed by atoms with Gasteiger partial charge < -0.3 is 25.2 Å². The molecule has 1 aromatic heterocycles. The number of unbranched alkanes of at least 4 members (excludes halogenated alkanes) is 1. The fourth-order valence-corrected chi connectivity index (χ4v) is 3.73. The fraction of sp³-hybridized carbons (Fsp3) is 0.526. The van der Waals surface area contributed by atoms with E-state index in [2.05, 4.69) is 0 Å². The Labute approximate surface area is 157 Å². The van der Waals surface area contributed by atoms with E-state index in [9.17, 15) is 20.1 Å². The average molecular weight is 382 g/mol. The first-order valence-electron chi connectivity index (χ1n) is 8.75. The van der Waals surface area contributed by atoms with Crippen LogP contribution >= 0.6 is 11.3 Å². The van der Waals surface area contributed by atoms with E-state index in [0.29, 0.717) is 31.4 Å². The third-order valence-corrected chi connectivity index (χ3v) is 5.16. The molecule has 1 fully saturated rings. The number of hydrogen-bond donors (Lipinski definition) is 4. The molecule has 0 spiro atoms. The lowest BCUT2D eigenvalue weighted by atomic mass is 9.90. The second-order valence-electron chi connectivity index (χ2n) is 6.46. The van der Waals surface area contributed by atoms with Crippen molar-refractivity contribution in [3.8, 4) is 5.75 Å². The number of aliphatic carboxylic acids is 1. The maximum Gasteiger partial charge on any atom is 0.303 e. The van der Waals surface area contributed by atoms with Gasteiger partial charge in [-0.25, -0.2) is 0 Å². The van der Waals surface area contributed by atoms with Crippen molar-refractivity contribution in [1.29, 1.82) is 0 Å². The van der Waals surface area contributed by atoms with E-state index in [0.717, 1.165) is 0 Å². The number of allylic oxidation sites excluding steroid dienone is 2. The van der Waals surface area contributed by atoms with Crippen LogP contribution in [0.5, 0.6) is 5.75 Å². The molecule has 6 nitrogen and oxygen atoms in total. The summed E-state index contributed by atoms with van der Waals surface area (Å²) < 4.78 is 5.33. The SMILES string of the molecule is O=C(O)CCC/C=C\C[C@@H]1C(/C=C/[C@@H](O)Oc2ccsc2)[C@H](O)C[C@@H]1O. The molecule has 144 valence electrons. The molecule has 0 radical (unpaired) electrons. The van der Waals surface area contributed by atoms with Crippen molar-refractivity contribution in [3.63, 3.8) is 0 Å². The van der Waals surface area contributed by atoms with Gasteiger partial charge in [0.25, 0.3) is 0 Å². The number of rotatable bonds is 10. The molecule has 0 bridgehead atoms. The van der Waals surface area contributed by atoms with E-state index in [4.69, 9.17) is 9.84 Å². The first-order valence-corrected chi connectivity index (χ1v) is 9.70. The van der Waals surface area contributed by atoms with Crippen molar-refractivity contribution < 1.29 is 30.0 Å². The zero-order valence-electron chi connectivity index (χ0n) is 14.5. The van der Waals surface area contributed by atoms with Gasteiger partial charge in [-0.3, -0.25) is 4.79 Å². The van der Waals surface area contributed by atoms with Gasteiger partial charge in [-0.1, -0.05) is 18.2 Å². The van der Waals surface area contributed by atoms with Gasteiger partial charge in [-0.15, -0.1) is 11.3 Å². The second kappa shape index (κ2) is 10.5. The Kier molecular flexibility index (Phi) is 8.31. The summed E-state index contributed by atoms with van der Waals surface area (Å²) in [6.07, 6.45) is 6.93. The lowest BCUT2D eigenvalue weighted by Crippen LogP contribution is -2.21. The topological polar surface area (TPSA) is 107 Å². The van der Waals surface area contributed by atoms with Crippen LogP contribution in [0.2, 0.25) is 0 Å². The zero-order valence-corrected chi connectivity index (χ0v) is 15.3. The fourth-order valence-electron chi connectivity index (χ4n) is 3.17. The first-order chi connectivity index (χ1) is 12.5. The molecule has 1 aliphatic rings. The predicted octanol–water partition coefficient (Wildman–Crippen LogP) is 2.56. The zero-order chi connectivity index (χ0) is 18.9. The molecule has 2 rings (SSSR count). The highest BCUT2D eigenvalue weighted by Crippen LogP contribution is 2.36. The number of hydrogen-bond acceptors (Lipinski definition) is 6. The van der Waals surface area contributed by atoms with Crippen LogP contribution in [0.1, 0.15) is 32.1 Å². The minimum absolute atomic E-state index is 0.141. The third kappa shape index (κ3) is 6.57. The summed E-state index contributed by atoms with van der Waals surface area (Å²) in [4.78, 5) is 10.5. The molecular formula is C19H26O6S. The van der Waals surface area contributed by atoms with E-state index in [1.807, 2.05) is 17.5 Å². The van der Waals surface area contributed by atoms with Gasteiger partial charge in [0.05, 0.1) is 12.2 Å². The van der Waals surface area contributed by atoms with Gasteiger partial charge in [-0.2, -0.15) is 0 Å². The molecule has 0 amide bonds. The van der Waals surface area contributed by atoms with Crippen molar-refractivity contribution in [3.05, 3.63) is 41.1 Å². The molecule has 7 heteroatoms. The summed E-state index contributed by atoms with van der Waals surface area (Å²) in [5.41, 5.74) is 0. The third-order valence-electron chi connectivity index (χ3n) is 4.50. The van der Waals surface area contributed by atoms with Crippen LogP contribution in [0.4, 0.5) is 0 Å². The van der Waals surface area contributed by atoms with Gasteiger partial charge in [0.1, 0.15) is 5.75 Å². The molecule has 0 aromatic carbocycles. The molecule has 1 heterocycles. The summed E-state index contributed by atoms with van der Waals surface area (Å²) in [5, 5.41) is 42.5.